The number of nitrogens with one attached hydrogen (secondary N) is 1. The number of hydrogen-bond acceptors (Lipinski definition) is 4. The fourth-order valence-electron chi connectivity index (χ4n) is 2.00. The van der Waals surface area contributed by atoms with Crippen LogP contribution < -0.4 is 5.32 Å². The molecule has 0 aliphatic carbocycles. The summed E-state index contributed by atoms with van der Waals surface area (Å²) in [4.78, 5) is 16.0. The maximum Gasteiger partial charge on any atom is 0.244 e. The van der Waals surface area contributed by atoms with Gasteiger partial charge in [-0.1, -0.05) is 13.0 Å². The first-order valence-electron chi connectivity index (χ1n) is 7.19. The van der Waals surface area contributed by atoms with Gasteiger partial charge in [-0.3, -0.25) is 9.78 Å². The van der Waals surface area contributed by atoms with Gasteiger partial charge >= 0.3 is 0 Å². The minimum atomic E-state index is -0.309. The van der Waals surface area contributed by atoms with Crippen molar-refractivity contribution < 1.29 is 13.9 Å². The number of carbonyl (C=O) groups is 1. The van der Waals surface area contributed by atoms with E-state index in [-0.39, 0.29) is 11.9 Å². The van der Waals surface area contributed by atoms with Gasteiger partial charge in [0.2, 0.25) is 5.91 Å². The summed E-state index contributed by atoms with van der Waals surface area (Å²) in [5.41, 5.74) is 0.868. The molecule has 2 aromatic heterocycles. The van der Waals surface area contributed by atoms with Crippen LogP contribution >= 0.6 is 0 Å². The van der Waals surface area contributed by atoms with Crippen molar-refractivity contribution in [3.8, 4) is 0 Å². The highest BCUT2D eigenvalue weighted by Crippen LogP contribution is 2.17. The van der Waals surface area contributed by atoms with Gasteiger partial charge < -0.3 is 14.5 Å². The lowest BCUT2D eigenvalue weighted by molar-refractivity contribution is -0.117. The number of rotatable bonds is 7. The molecular formula is C17H20N2O3. The maximum absolute atomic E-state index is 12.0. The van der Waals surface area contributed by atoms with Crippen LogP contribution in [0, 0.1) is 0 Å². The smallest absolute Gasteiger partial charge is 0.244 e. The lowest BCUT2D eigenvalue weighted by Gasteiger charge is -2.14. The highest BCUT2D eigenvalue weighted by molar-refractivity contribution is 5.91. The first-order valence-corrected chi connectivity index (χ1v) is 7.19. The molecule has 2 aromatic rings. The van der Waals surface area contributed by atoms with E-state index >= 15 is 0 Å². The molecule has 0 radical (unpaired) electrons. The summed E-state index contributed by atoms with van der Waals surface area (Å²) in [7, 11) is 1.59. The third kappa shape index (κ3) is 4.56. The molecule has 2 rings (SSSR count). The van der Waals surface area contributed by atoms with Crippen LogP contribution in [-0.4, -0.2) is 24.6 Å². The Balaban J connectivity index is 2.01. The minimum absolute atomic E-state index is 0.208. The molecule has 0 unspecified atom stereocenters. The van der Waals surface area contributed by atoms with E-state index in [0.29, 0.717) is 12.4 Å². The topological polar surface area (TPSA) is 64.4 Å². The number of pyridine rings is 1. The Labute approximate surface area is 130 Å². The average molecular weight is 300 g/mol. The van der Waals surface area contributed by atoms with Crippen molar-refractivity contribution in [2.24, 2.45) is 0 Å². The summed E-state index contributed by atoms with van der Waals surface area (Å²) >= 11 is 0. The largest absolute Gasteiger partial charge is 0.464 e. The number of amides is 1. The van der Waals surface area contributed by atoms with Gasteiger partial charge in [0.1, 0.15) is 17.6 Å². The summed E-state index contributed by atoms with van der Waals surface area (Å²) < 4.78 is 10.8. The molecule has 0 bridgehead atoms. The van der Waals surface area contributed by atoms with Gasteiger partial charge in [-0.15, -0.1) is 0 Å². The number of aryl methyl sites for hydroxylation is 1. The van der Waals surface area contributed by atoms with Crippen molar-refractivity contribution in [1.29, 1.82) is 0 Å². The maximum atomic E-state index is 12.0. The van der Waals surface area contributed by atoms with Crippen molar-refractivity contribution >= 4 is 12.0 Å². The van der Waals surface area contributed by atoms with Gasteiger partial charge in [0.25, 0.3) is 0 Å². The summed E-state index contributed by atoms with van der Waals surface area (Å²) in [6.45, 7) is 2.37. The second-order valence-electron chi connectivity index (χ2n) is 4.79. The van der Waals surface area contributed by atoms with Crippen LogP contribution in [0.25, 0.3) is 6.08 Å². The Morgan fingerprint density at radius 2 is 2.32 bits per heavy atom. The molecule has 1 amide bonds. The van der Waals surface area contributed by atoms with Gasteiger partial charge in [-0.05, 0) is 29.8 Å². The Kier molecular flexibility index (Phi) is 5.91. The molecule has 2 heterocycles. The first-order chi connectivity index (χ1) is 10.7. The van der Waals surface area contributed by atoms with Crippen LogP contribution in [0.1, 0.15) is 30.0 Å². The third-order valence-corrected chi connectivity index (χ3v) is 3.14. The first kappa shape index (κ1) is 16.0. The van der Waals surface area contributed by atoms with Crippen LogP contribution in [0.15, 0.2) is 47.2 Å². The molecule has 0 spiro atoms. The second kappa shape index (κ2) is 8.14. The highest BCUT2D eigenvalue weighted by atomic mass is 16.5. The number of aromatic nitrogens is 1. The average Bonchev–Trinajstić information content (AvgIpc) is 3.02. The van der Waals surface area contributed by atoms with E-state index in [1.165, 1.54) is 6.08 Å². The number of furan rings is 1. The number of ether oxygens (including phenoxy) is 1. The molecule has 116 valence electrons. The zero-order chi connectivity index (χ0) is 15.8. The number of hydrogen-bond donors (Lipinski definition) is 1. The van der Waals surface area contributed by atoms with Gasteiger partial charge in [0.15, 0.2) is 0 Å². The molecule has 0 fully saturated rings. The highest BCUT2D eigenvalue weighted by Gasteiger charge is 2.17. The quantitative estimate of drug-likeness (QED) is 0.799. The molecule has 5 nitrogen and oxygen atoms in total. The van der Waals surface area contributed by atoms with Gasteiger partial charge in [-0.25, -0.2) is 0 Å². The Bertz CT molecular complexity index is 620. The predicted octanol–water partition coefficient (Wildman–Crippen LogP) is 2.75. The van der Waals surface area contributed by atoms with E-state index in [9.17, 15) is 4.79 Å². The zero-order valence-electron chi connectivity index (χ0n) is 12.8. The molecule has 0 saturated heterocycles. The summed E-state index contributed by atoms with van der Waals surface area (Å²) in [5.74, 6) is 1.37. The standard InChI is InChI=1S/C17H20N2O3/c1-3-14-7-8-16(22-14)15(12-21-2)19-17(20)9-6-13-5-4-10-18-11-13/h4-11,15H,3,12H2,1-2H3,(H,19,20)/b9-6+/t15-/m1/s1. The van der Waals surface area contributed by atoms with Crippen molar-refractivity contribution in [2.75, 3.05) is 13.7 Å². The van der Waals surface area contributed by atoms with Crippen LogP contribution in [0.3, 0.4) is 0 Å². The molecular weight excluding hydrogens is 280 g/mol. The van der Waals surface area contributed by atoms with Crippen LogP contribution in [0.4, 0.5) is 0 Å². The molecule has 1 N–H and O–H groups in total. The normalized spacial score (nSPS) is 12.5. The van der Waals surface area contributed by atoms with E-state index in [1.54, 1.807) is 25.6 Å². The molecule has 0 aromatic carbocycles. The van der Waals surface area contributed by atoms with Crippen molar-refractivity contribution in [3.63, 3.8) is 0 Å². The van der Waals surface area contributed by atoms with Crippen molar-refractivity contribution in [1.82, 2.24) is 10.3 Å². The second-order valence-corrected chi connectivity index (χ2v) is 4.79. The van der Waals surface area contributed by atoms with E-state index in [1.807, 2.05) is 31.2 Å². The number of methoxy groups -OCH3 is 1. The molecule has 0 aliphatic rings. The summed E-state index contributed by atoms with van der Waals surface area (Å²) in [6.07, 6.45) is 7.38. The molecule has 5 heteroatoms. The SMILES string of the molecule is CCc1ccc([C@@H](COC)NC(=O)/C=C/c2cccnc2)o1. The molecule has 22 heavy (non-hydrogen) atoms. The number of nitrogens with zero attached hydrogens (tertiary/aromatic N) is 1. The number of carbonyl (C=O) groups excluding carboxylic acids is 1. The third-order valence-electron chi connectivity index (χ3n) is 3.14. The zero-order valence-corrected chi connectivity index (χ0v) is 12.8. The minimum Gasteiger partial charge on any atom is -0.464 e. The van der Waals surface area contributed by atoms with E-state index in [0.717, 1.165) is 17.7 Å². The lowest BCUT2D eigenvalue weighted by Crippen LogP contribution is -2.29. The summed E-state index contributed by atoms with van der Waals surface area (Å²) in [6, 6.07) is 7.17. The van der Waals surface area contributed by atoms with Crippen molar-refractivity contribution in [2.45, 2.75) is 19.4 Å². The monoisotopic (exact) mass is 300 g/mol. The van der Waals surface area contributed by atoms with Crippen LogP contribution in [-0.2, 0) is 16.0 Å². The summed E-state index contributed by atoms with van der Waals surface area (Å²) in [5, 5.41) is 2.88. The fraction of sp³-hybridized carbons (Fsp3) is 0.294. The van der Waals surface area contributed by atoms with Crippen molar-refractivity contribution in [3.05, 3.63) is 59.8 Å². The molecule has 0 saturated carbocycles. The molecule has 1 atom stereocenters. The van der Waals surface area contributed by atoms with Gasteiger partial charge in [-0.2, -0.15) is 0 Å². The van der Waals surface area contributed by atoms with Crippen LogP contribution in [0.5, 0.6) is 0 Å². The van der Waals surface area contributed by atoms with Crippen LogP contribution in [0.2, 0.25) is 0 Å². The lowest BCUT2D eigenvalue weighted by atomic mass is 10.2. The van der Waals surface area contributed by atoms with E-state index < -0.39 is 0 Å². The van der Waals surface area contributed by atoms with Gasteiger partial charge in [0.05, 0.1) is 6.61 Å². The van der Waals surface area contributed by atoms with E-state index in [2.05, 4.69) is 10.3 Å². The Hall–Kier alpha value is -2.40. The Morgan fingerprint density at radius 3 is 2.95 bits per heavy atom. The van der Waals surface area contributed by atoms with Gasteiger partial charge in [0, 0.05) is 32.0 Å². The van der Waals surface area contributed by atoms with E-state index in [4.69, 9.17) is 9.15 Å². The molecule has 0 aliphatic heterocycles. The Morgan fingerprint density at radius 1 is 1.45 bits per heavy atom. The predicted molar refractivity (Wildman–Crippen MR) is 84.1 cm³/mol. The fourth-order valence-corrected chi connectivity index (χ4v) is 2.00.